The molecule has 0 spiro atoms. The van der Waals surface area contributed by atoms with Gasteiger partial charge in [-0.05, 0) is 25.7 Å². The molecule has 1 fully saturated rings. The summed E-state index contributed by atoms with van der Waals surface area (Å²) in [5.41, 5.74) is -0.477. The minimum absolute atomic E-state index is 0.0230. The lowest BCUT2D eigenvalue weighted by atomic mass is 9.93. The van der Waals surface area contributed by atoms with Crippen molar-refractivity contribution in [2.24, 2.45) is 5.41 Å². The summed E-state index contributed by atoms with van der Waals surface area (Å²) in [5.74, 6) is -0.286. The summed E-state index contributed by atoms with van der Waals surface area (Å²) in [7, 11) is 0. The predicted molar refractivity (Wildman–Crippen MR) is 68.9 cm³/mol. The van der Waals surface area contributed by atoms with Crippen molar-refractivity contribution in [2.45, 2.75) is 58.6 Å². The van der Waals surface area contributed by atoms with E-state index in [1.165, 1.54) is 0 Å². The maximum absolute atomic E-state index is 11.6. The highest BCUT2D eigenvalue weighted by molar-refractivity contribution is 5.87. The molecule has 1 rings (SSSR count). The third-order valence-electron chi connectivity index (χ3n) is 3.15. The van der Waals surface area contributed by atoms with Crippen LogP contribution in [-0.4, -0.2) is 35.6 Å². The van der Waals surface area contributed by atoms with Crippen molar-refractivity contribution in [3.8, 4) is 0 Å². The van der Waals surface area contributed by atoms with Crippen molar-refractivity contribution < 1.29 is 14.7 Å². The first-order valence-electron chi connectivity index (χ1n) is 6.55. The molecule has 1 aliphatic carbocycles. The highest BCUT2D eigenvalue weighted by atomic mass is 16.3. The average molecular weight is 256 g/mol. The molecule has 0 aromatic heterocycles. The number of amides is 2. The Labute approximate surface area is 108 Å². The van der Waals surface area contributed by atoms with Crippen LogP contribution in [0.1, 0.15) is 46.5 Å². The van der Waals surface area contributed by atoms with E-state index in [9.17, 15) is 14.7 Å². The summed E-state index contributed by atoms with van der Waals surface area (Å²) in [6, 6.07) is 0.132. The van der Waals surface area contributed by atoms with Crippen molar-refractivity contribution >= 4 is 11.8 Å². The van der Waals surface area contributed by atoms with Gasteiger partial charge in [-0.1, -0.05) is 20.8 Å². The van der Waals surface area contributed by atoms with E-state index in [1.54, 1.807) is 0 Å². The lowest BCUT2D eigenvalue weighted by Gasteiger charge is -2.26. The Morgan fingerprint density at radius 1 is 1.17 bits per heavy atom. The lowest BCUT2D eigenvalue weighted by molar-refractivity contribution is -0.131. The SMILES string of the molecule is CC(C)(C)C(=O)NCC(=O)NC1CCC(O)CC1. The molecule has 0 saturated heterocycles. The van der Waals surface area contributed by atoms with E-state index in [4.69, 9.17) is 0 Å². The van der Waals surface area contributed by atoms with Crippen LogP contribution >= 0.6 is 0 Å². The van der Waals surface area contributed by atoms with Crippen LogP contribution in [0.5, 0.6) is 0 Å². The molecule has 0 atom stereocenters. The molecule has 0 aromatic rings. The number of carbonyl (C=O) groups excluding carboxylic acids is 2. The van der Waals surface area contributed by atoms with E-state index >= 15 is 0 Å². The van der Waals surface area contributed by atoms with Gasteiger partial charge in [-0.15, -0.1) is 0 Å². The Hall–Kier alpha value is -1.10. The average Bonchev–Trinajstić information content (AvgIpc) is 2.28. The molecule has 5 heteroatoms. The molecule has 104 valence electrons. The number of hydrogen-bond donors (Lipinski definition) is 3. The van der Waals surface area contributed by atoms with E-state index in [1.807, 2.05) is 20.8 Å². The van der Waals surface area contributed by atoms with Gasteiger partial charge in [-0.25, -0.2) is 0 Å². The number of hydrogen-bond acceptors (Lipinski definition) is 3. The van der Waals surface area contributed by atoms with Crippen LogP contribution in [0.2, 0.25) is 0 Å². The monoisotopic (exact) mass is 256 g/mol. The second-order valence-corrected chi connectivity index (χ2v) is 6.01. The van der Waals surface area contributed by atoms with E-state index in [0.29, 0.717) is 0 Å². The molecule has 0 heterocycles. The van der Waals surface area contributed by atoms with Crippen molar-refractivity contribution in [1.29, 1.82) is 0 Å². The number of carbonyl (C=O) groups is 2. The number of aliphatic hydroxyl groups excluding tert-OH is 1. The van der Waals surface area contributed by atoms with Gasteiger partial charge in [0.2, 0.25) is 11.8 Å². The van der Waals surface area contributed by atoms with Crippen LogP contribution in [0.3, 0.4) is 0 Å². The summed E-state index contributed by atoms with van der Waals surface area (Å²) in [6.45, 7) is 5.45. The Morgan fingerprint density at radius 3 is 2.22 bits per heavy atom. The van der Waals surface area contributed by atoms with E-state index in [-0.39, 0.29) is 30.5 Å². The van der Waals surface area contributed by atoms with Crippen molar-refractivity contribution in [2.75, 3.05) is 6.54 Å². The van der Waals surface area contributed by atoms with E-state index in [0.717, 1.165) is 25.7 Å². The van der Waals surface area contributed by atoms with Gasteiger partial charge in [0, 0.05) is 11.5 Å². The maximum atomic E-state index is 11.6. The molecule has 0 unspecified atom stereocenters. The fraction of sp³-hybridized carbons (Fsp3) is 0.846. The Morgan fingerprint density at radius 2 is 1.72 bits per heavy atom. The normalized spacial score (nSPS) is 24.4. The topological polar surface area (TPSA) is 78.4 Å². The first kappa shape index (κ1) is 15.0. The second kappa shape index (κ2) is 6.18. The van der Waals surface area contributed by atoms with E-state index in [2.05, 4.69) is 10.6 Å². The van der Waals surface area contributed by atoms with Crippen LogP contribution in [0.15, 0.2) is 0 Å². The molecule has 0 aromatic carbocycles. The van der Waals surface area contributed by atoms with Gasteiger partial charge in [-0.3, -0.25) is 9.59 Å². The lowest BCUT2D eigenvalue weighted by Crippen LogP contribution is -2.45. The molecular formula is C13H24N2O3. The number of aliphatic hydroxyl groups is 1. The van der Waals surface area contributed by atoms with Crippen LogP contribution < -0.4 is 10.6 Å². The van der Waals surface area contributed by atoms with Gasteiger partial charge >= 0.3 is 0 Å². The second-order valence-electron chi connectivity index (χ2n) is 6.01. The first-order chi connectivity index (χ1) is 8.29. The molecule has 3 N–H and O–H groups in total. The Balaban J connectivity index is 2.24. The van der Waals surface area contributed by atoms with Gasteiger partial charge in [0.1, 0.15) is 0 Å². The van der Waals surface area contributed by atoms with Gasteiger partial charge in [0.05, 0.1) is 12.6 Å². The number of nitrogens with one attached hydrogen (secondary N) is 2. The van der Waals surface area contributed by atoms with Crippen LogP contribution in [0, 0.1) is 5.41 Å². The fourth-order valence-corrected chi connectivity index (χ4v) is 1.92. The highest BCUT2D eigenvalue weighted by Crippen LogP contribution is 2.18. The minimum Gasteiger partial charge on any atom is -0.393 e. The van der Waals surface area contributed by atoms with Gasteiger partial charge in [0.25, 0.3) is 0 Å². The smallest absolute Gasteiger partial charge is 0.239 e. The fourth-order valence-electron chi connectivity index (χ4n) is 1.92. The minimum atomic E-state index is -0.477. The van der Waals surface area contributed by atoms with Crippen molar-refractivity contribution in [3.05, 3.63) is 0 Å². The molecule has 2 amide bonds. The molecule has 0 bridgehead atoms. The summed E-state index contributed by atoms with van der Waals surface area (Å²) in [6.07, 6.45) is 2.86. The molecule has 0 radical (unpaired) electrons. The quantitative estimate of drug-likeness (QED) is 0.690. The summed E-state index contributed by atoms with van der Waals surface area (Å²) in [4.78, 5) is 23.2. The largest absolute Gasteiger partial charge is 0.393 e. The van der Waals surface area contributed by atoms with Crippen LogP contribution in [-0.2, 0) is 9.59 Å². The summed E-state index contributed by atoms with van der Waals surface area (Å²) < 4.78 is 0. The van der Waals surface area contributed by atoms with Gasteiger partial charge in [0.15, 0.2) is 0 Å². The molecular weight excluding hydrogens is 232 g/mol. The molecule has 5 nitrogen and oxygen atoms in total. The van der Waals surface area contributed by atoms with Crippen LogP contribution in [0.25, 0.3) is 0 Å². The van der Waals surface area contributed by atoms with Gasteiger partial charge < -0.3 is 15.7 Å². The van der Waals surface area contributed by atoms with E-state index < -0.39 is 5.41 Å². The van der Waals surface area contributed by atoms with Crippen molar-refractivity contribution in [3.63, 3.8) is 0 Å². The zero-order chi connectivity index (χ0) is 13.8. The zero-order valence-electron chi connectivity index (χ0n) is 11.5. The third-order valence-corrected chi connectivity index (χ3v) is 3.15. The predicted octanol–water partition coefficient (Wildman–Crippen LogP) is 0.568. The molecule has 1 aliphatic rings. The molecule has 0 aliphatic heterocycles. The summed E-state index contributed by atoms with van der Waals surface area (Å²) >= 11 is 0. The Kier molecular flexibility index (Phi) is 5.14. The highest BCUT2D eigenvalue weighted by Gasteiger charge is 2.23. The van der Waals surface area contributed by atoms with Crippen molar-refractivity contribution in [1.82, 2.24) is 10.6 Å². The van der Waals surface area contributed by atoms with Crippen LogP contribution in [0.4, 0.5) is 0 Å². The molecule has 18 heavy (non-hydrogen) atoms. The number of rotatable bonds is 3. The standard InChI is InChI=1S/C13H24N2O3/c1-13(2,3)12(18)14-8-11(17)15-9-4-6-10(16)7-5-9/h9-10,16H,4-8H2,1-3H3,(H,14,18)(H,15,17). The van der Waals surface area contributed by atoms with Gasteiger partial charge in [-0.2, -0.15) is 0 Å². The zero-order valence-corrected chi connectivity index (χ0v) is 11.5. The molecule has 1 saturated carbocycles. The Bertz CT molecular complexity index is 302. The summed E-state index contributed by atoms with van der Waals surface area (Å²) in [5, 5.41) is 14.9. The first-order valence-corrected chi connectivity index (χ1v) is 6.55. The maximum Gasteiger partial charge on any atom is 0.239 e. The third kappa shape index (κ3) is 5.04.